The van der Waals surface area contributed by atoms with Crippen molar-refractivity contribution in [2.75, 3.05) is 44.9 Å². The minimum absolute atomic E-state index is 0.0228. The summed E-state index contributed by atoms with van der Waals surface area (Å²) in [7, 11) is 1.47. The van der Waals surface area contributed by atoms with Gasteiger partial charge in [0.15, 0.2) is 11.9 Å². The molecule has 2 aliphatic rings. The Kier molecular flexibility index (Phi) is 6.80. The zero-order valence-electron chi connectivity index (χ0n) is 17.1. The van der Waals surface area contributed by atoms with E-state index in [-0.39, 0.29) is 31.6 Å². The number of carbonyl (C=O) groups is 3. The van der Waals surface area contributed by atoms with E-state index in [1.807, 2.05) is 0 Å². The molecule has 1 aromatic heterocycles. The van der Waals surface area contributed by atoms with E-state index in [1.54, 1.807) is 41.3 Å². The molecular formula is C20H20ClN3O7S. The molecule has 2 fully saturated rings. The molecule has 0 radical (unpaired) electrons. The Labute approximate surface area is 192 Å². The van der Waals surface area contributed by atoms with Gasteiger partial charge in [0.25, 0.3) is 11.8 Å². The maximum Gasteiger partial charge on any atom is 0.443 e. The highest BCUT2D eigenvalue weighted by Crippen LogP contribution is 2.24. The summed E-state index contributed by atoms with van der Waals surface area (Å²) in [4.78, 5) is 49.4. The lowest BCUT2D eigenvalue weighted by Crippen LogP contribution is -2.41. The lowest BCUT2D eigenvalue weighted by Gasteiger charge is -2.27. The van der Waals surface area contributed by atoms with Gasteiger partial charge in [-0.1, -0.05) is 11.6 Å². The first-order valence-electron chi connectivity index (χ1n) is 9.71. The number of hydrogen-bond donors (Lipinski definition) is 0. The van der Waals surface area contributed by atoms with Crippen LogP contribution in [0.25, 0.3) is 0 Å². The van der Waals surface area contributed by atoms with E-state index in [9.17, 15) is 14.4 Å². The number of thiophene rings is 1. The molecule has 0 aliphatic carbocycles. The van der Waals surface area contributed by atoms with Crippen molar-refractivity contribution in [3.8, 4) is 5.75 Å². The number of anilines is 1. The maximum atomic E-state index is 12.3. The minimum Gasteiger partial charge on any atom is -0.439 e. The molecule has 4 rings (SSSR count). The van der Waals surface area contributed by atoms with Gasteiger partial charge in [-0.25, -0.2) is 9.86 Å². The average Bonchev–Trinajstić information content (AvgIpc) is 3.38. The topological polar surface area (TPSA) is 97.8 Å². The number of benzene rings is 1. The Bertz CT molecular complexity index is 999. The fraction of sp³-hybridized carbons (Fsp3) is 0.350. The summed E-state index contributed by atoms with van der Waals surface area (Å²) in [6, 6.07) is 10.0. The van der Waals surface area contributed by atoms with Gasteiger partial charge < -0.3 is 19.2 Å². The monoisotopic (exact) mass is 481 g/mol. The molecule has 12 heteroatoms. The number of carbonyl (C=O) groups excluding carboxylic acids is 3. The SMILES string of the molecule is CN(OCC1CN(Oc2ccc(N3CCOCC3=O)cc2)C(=O)O1)C(=O)c1ccc(Cl)s1. The van der Waals surface area contributed by atoms with Crippen molar-refractivity contribution in [1.82, 2.24) is 10.1 Å². The quantitative estimate of drug-likeness (QED) is 0.560. The second-order valence-corrected chi connectivity index (χ2v) is 8.67. The van der Waals surface area contributed by atoms with Gasteiger partial charge in [-0.2, -0.15) is 0 Å². The number of rotatable bonds is 7. The van der Waals surface area contributed by atoms with Gasteiger partial charge in [0.05, 0.1) is 15.8 Å². The highest BCUT2D eigenvalue weighted by molar-refractivity contribution is 7.17. The lowest BCUT2D eigenvalue weighted by molar-refractivity contribution is -0.126. The van der Waals surface area contributed by atoms with Crippen LogP contribution in [0.1, 0.15) is 9.67 Å². The van der Waals surface area contributed by atoms with Crippen LogP contribution in [-0.4, -0.2) is 74.1 Å². The van der Waals surface area contributed by atoms with E-state index in [4.69, 9.17) is 30.7 Å². The standard InChI is InChI=1S/C20H20ClN3O7S/c1-22(19(26)16-6-7-17(21)32-16)29-11-15-10-24(20(27)30-15)31-14-4-2-13(3-5-14)23-8-9-28-12-18(23)25/h2-7,15H,8-12H2,1H3. The Hall–Kier alpha value is -2.86. The molecule has 2 saturated heterocycles. The van der Waals surface area contributed by atoms with Crippen molar-refractivity contribution in [3.63, 3.8) is 0 Å². The average molecular weight is 482 g/mol. The largest absolute Gasteiger partial charge is 0.443 e. The summed E-state index contributed by atoms with van der Waals surface area (Å²) in [5.74, 6) is -0.0467. The lowest BCUT2D eigenvalue weighted by atomic mass is 10.2. The molecule has 0 N–H and O–H groups in total. The predicted octanol–water partition coefficient (Wildman–Crippen LogP) is 2.58. The van der Waals surface area contributed by atoms with Crippen LogP contribution in [0.3, 0.4) is 0 Å². The van der Waals surface area contributed by atoms with Crippen molar-refractivity contribution < 1.29 is 33.5 Å². The van der Waals surface area contributed by atoms with Crippen molar-refractivity contribution in [2.45, 2.75) is 6.10 Å². The number of hydroxylamine groups is 4. The van der Waals surface area contributed by atoms with Gasteiger partial charge in [-0.15, -0.1) is 16.4 Å². The zero-order valence-corrected chi connectivity index (χ0v) is 18.6. The van der Waals surface area contributed by atoms with E-state index in [1.165, 1.54) is 7.05 Å². The van der Waals surface area contributed by atoms with E-state index in [0.717, 1.165) is 27.2 Å². The number of nitrogens with zero attached hydrogens (tertiary/aromatic N) is 3. The molecule has 2 aliphatic heterocycles. The molecule has 3 heterocycles. The normalized spacial score (nSPS) is 18.6. The van der Waals surface area contributed by atoms with Crippen LogP contribution in [0.2, 0.25) is 4.34 Å². The smallest absolute Gasteiger partial charge is 0.439 e. The van der Waals surface area contributed by atoms with Crippen LogP contribution < -0.4 is 9.74 Å². The van der Waals surface area contributed by atoms with Gasteiger partial charge in [0, 0.05) is 19.3 Å². The number of morpholine rings is 1. The molecule has 1 unspecified atom stereocenters. The molecule has 0 spiro atoms. The van der Waals surface area contributed by atoms with Crippen LogP contribution in [0.15, 0.2) is 36.4 Å². The van der Waals surface area contributed by atoms with Crippen LogP contribution in [0.5, 0.6) is 5.75 Å². The third-order valence-corrected chi connectivity index (χ3v) is 5.93. The van der Waals surface area contributed by atoms with Crippen molar-refractivity contribution >= 4 is 46.5 Å². The molecule has 170 valence electrons. The molecule has 3 amide bonds. The van der Waals surface area contributed by atoms with Crippen molar-refractivity contribution in [2.24, 2.45) is 0 Å². The number of ether oxygens (including phenoxy) is 2. The van der Waals surface area contributed by atoms with Crippen LogP contribution in [0, 0.1) is 0 Å². The third kappa shape index (κ3) is 5.13. The van der Waals surface area contributed by atoms with Crippen LogP contribution in [0.4, 0.5) is 10.5 Å². The second kappa shape index (κ2) is 9.74. The molecule has 2 aromatic rings. The van der Waals surface area contributed by atoms with Crippen molar-refractivity contribution in [1.29, 1.82) is 0 Å². The summed E-state index contributed by atoms with van der Waals surface area (Å²) in [5.41, 5.74) is 0.723. The van der Waals surface area contributed by atoms with Gasteiger partial charge in [0.2, 0.25) is 0 Å². The first-order chi connectivity index (χ1) is 15.4. The molecule has 10 nitrogen and oxygen atoms in total. The molecule has 0 bridgehead atoms. The summed E-state index contributed by atoms with van der Waals surface area (Å²) in [6.45, 7) is 1.12. The fourth-order valence-corrected chi connectivity index (χ4v) is 4.11. The molecule has 0 saturated carbocycles. The number of amides is 3. The van der Waals surface area contributed by atoms with Gasteiger partial charge >= 0.3 is 6.09 Å². The third-order valence-electron chi connectivity index (χ3n) is 4.71. The Balaban J connectivity index is 1.27. The predicted molar refractivity (Wildman–Crippen MR) is 115 cm³/mol. The zero-order chi connectivity index (χ0) is 22.7. The van der Waals surface area contributed by atoms with E-state index in [0.29, 0.717) is 28.1 Å². The van der Waals surface area contributed by atoms with Gasteiger partial charge in [-0.3, -0.25) is 14.4 Å². The van der Waals surface area contributed by atoms with Crippen LogP contribution >= 0.6 is 22.9 Å². The van der Waals surface area contributed by atoms with Gasteiger partial charge in [-0.05, 0) is 36.4 Å². The molecule has 1 aromatic carbocycles. The highest BCUT2D eigenvalue weighted by atomic mass is 35.5. The number of cyclic esters (lactones) is 1. The summed E-state index contributed by atoms with van der Waals surface area (Å²) >= 11 is 7.00. The summed E-state index contributed by atoms with van der Waals surface area (Å²) in [6.07, 6.45) is -1.28. The molecule has 1 atom stereocenters. The first kappa shape index (κ1) is 22.3. The van der Waals surface area contributed by atoms with Gasteiger partial charge in [0.1, 0.15) is 19.8 Å². The number of halogens is 1. The molecule has 32 heavy (non-hydrogen) atoms. The molecular weight excluding hydrogens is 462 g/mol. The Morgan fingerprint density at radius 3 is 2.72 bits per heavy atom. The first-order valence-corrected chi connectivity index (χ1v) is 10.9. The van der Waals surface area contributed by atoms with E-state index >= 15 is 0 Å². The fourth-order valence-electron chi connectivity index (χ4n) is 3.10. The van der Waals surface area contributed by atoms with Crippen molar-refractivity contribution in [3.05, 3.63) is 45.6 Å². The minimum atomic E-state index is -0.662. The maximum absolute atomic E-state index is 12.3. The summed E-state index contributed by atoms with van der Waals surface area (Å²) in [5, 5.41) is 2.15. The van der Waals surface area contributed by atoms with E-state index < -0.39 is 12.2 Å². The Morgan fingerprint density at radius 1 is 1.25 bits per heavy atom. The number of hydrogen-bond acceptors (Lipinski definition) is 8. The van der Waals surface area contributed by atoms with E-state index in [2.05, 4.69) is 0 Å². The van der Waals surface area contributed by atoms with Crippen LogP contribution in [-0.2, 0) is 19.1 Å². The second-order valence-electron chi connectivity index (χ2n) is 6.95. The summed E-state index contributed by atoms with van der Waals surface area (Å²) < 4.78 is 10.9. The Morgan fingerprint density at radius 2 is 2.03 bits per heavy atom. The highest BCUT2D eigenvalue weighted by Gasteiger charge is 2.34.